The summed E-state index contributed by atoms with van der Waals surface area (Å²) in [5.41, 5.74) is 1.44. The van der Waals surface area contributed by atoms with Crippen LogP contribution in [-0.2, 0) is 6.42 Å². The lowest BCUT2D eigenvalue weighted by Gasteiger charge is -2.06. The van der Waals surface area contributed by atoms with E-state index in [9.17, 15) is 0 Å². The third-order valence-electron chi connectivity index (χ3n) is 1.61. The van der Waals surface area contributed by atoms with Gasteiger partial charge in [0.1, 0.15) is 0 Å². The second kappa shape index (κ2) is 3.74. The van der Waals surface area contributed by atoms with Gasteiger partial charge in [-0.1, -0.05) is 0 Å². The van der Waals surface area contributed by atoms with E-state index in [1.54, 1.807) is 11.3 Å². The molecule has 1 rings (SSSR count). The summed E-state index contributed by atoms with van der Waals surface area (Å²) >= 11 is 1.76. The first-order valence-electron chi connectivity index (χ1n) is 3.51. The summed E-state index contributed by atoms with van der Waals surface area (Å²) in [7, 11) is 2.00. The van der Waals surface area contributed by atoms with Gasteiger partial charge >= 0.3 is 0 Å². The average Bonchev–Trinajstić information content (AvgIpc) is 2.40. The molecule has 0 radical (unpaired) electrons. The third-order valence-corrected chi connectivity index (χ3v) is 2.35. The van der Waals surface area contributed by atoms with Crippen LogP contribution in [-0.4, -0.2) is 13.1 Å². The number of thiophene rings is 1. The van der Waals surface area contributed by atoms with E-state index < -0.39 is 0 Å². The maximum absolute atomic E-state index is 3.21. The van der Waals surface area contributed by atoms with Crippen molar-refractivity contribution in [1.29, 1.82) is 0 Å². The van der Waals surface area contributed by atoms with Gasteiger partial charge in [0.2, 0.25) is 0 Å². The zero-order chi connectivity index (χ0) is 7.40. The van der Waals surface area contributed by atoms with Crippen LogP contribution in [0.1, 0.15) is 12.5 Å². The molecule has 1 aromatic heterocycles. The van der Waals surface area contributed by atoms with Gasteiger partial charge in [-0.05, 0) is 42.8 Å². The van der Waals surface area contributed by atoms with Crippen molar-refractivity contribution in [2.45, 2.75) is 19.4 Å². The molecule has 0 unspecified atom stereocenters. The predicted octanol–water partition coefficient (Wildman–Crippen LogP) is 1.90. The molecule has 0 spiro atoms. The van der Waals surface area contributed by atoms with E-state index >= 15 is 0 Å². The zero-order valence-corrected chi connectivity index (χ0v) is 7.24. The Morgan fingerprint density at radius 3 is 3.00 bits per heavy atom. The fourth-order valence-corrected chi connectivity index (χ4v) is 1.55. The van der Waals surface area contributed by atoms with Crippen LogP contribution < -0.4 is 5.32 Å². The smallest absolute Gasteiger partial charge is 0.00764 e. The van der Waals surface area contributed by atoms with Crippen molar-refractivity contribution in [3.63, 3.8) is 0 Å². The second-order valence-corrected chi connectivity index (χ2v) is 3.31. The van der Waals surface area contributed by atoms with Gasteiger partial charge < -0.3 is 5.32 Å². The van der Waals surface area contributed by atoms with Gasteiger partial charge in [0.05, 0.1) is 0 Å². The largest absolute Gasteiger partial charge is 0.317 e. The molecule has 0 amide bonds. The molecule has 56 valence electrons. The Morgan fingerprint density at radius 1 is 1.70 bits per heavy atom. The Morgan fingerprint density at radius 2 is 2.50 bits per heavy atom. The van der Waals surface area contributed by atoms with E-state index in [0.717, 1.165) is 6.42 Å². The molecule has 10 heavy (non-hydrogen) atoms. The molecular weight excluding hydrogens is 142 g/mol. The number of hydrogen-bond donors (Lipinski definition) is 1. The Kier molecular flexibility index (Phi) is 2.90. The summed E-state index contributed by atoms with van der Waals surface area (Å²) in [5.74, 6) is 0. The van der Waals surface area contributed by atoms with Crippen molar-refractivity contribution < 1.29 is 0 Å². The highest BCUT2D eigenvalue weighted by Crippen LogP contribution is 2.07. The van der Waals surface area contributed by atoms with Gasteiger partial charge in [-0.2, -0.15) is 11.3 Å². The quantitative estimate of drug-likeness (QED) is 0.703. The molecule has 2 heteroatoms. The molecule has 0 bridgehead atoms. The summed E-state index contributed by atoms with van der Waals surface area (Å²) in [4.78, 5) is 0. The Bertz CT molecular complexity index is 169. The lowest BCUT2D eigenvalue weighted by atomic mass is 10.1. The van der Waals surface area contributed by atoms with Crippen molar-refractivity contribution in [3.05, 3.63) is 22.4 Å². The maximum Gasteiger partial charge on any atom is 0.00764 e. The molecule has 1 heterocycles. The Hall–Kier alpha value is -0.340. The molecule has 0 aliphatic carbocycles. The van der Waals surface area contributed by atoms with Crippen molar-refractivity contribution in [2.75, 3.05) is 7.05 Å². The molecule has 0 saturated carbocycles. The molecular formula is C8H13NS. The van der Waals surface area contributed by atoms with E-state index in [-0.39, 0.29) is 0 Å². The highest BCUT2D eigenvalue weighted by atomic mass is 32.1. The zero-order valence-electron chi connectivity index (χ0n) is 6.42. The van der Waals surface area contributed by atoms with Crippen LogP contribution in [0.4, 0.5) is 0 Å². The molecule has 0 saturated heterocycles. The lowest BCUT2D eigenvalue weighted by Crippen LogP contribution is -2.23. The fraction of sp³-hybridized carbons (Fsp3) is 0.500. The summed E-state index contributed by atoms with van der Waals surface area (Å²) < 4.78 is 0. The van der Waals surface area contributed by atoms with Gasteiger partial charge in [0.15, 0.2) is 0 Å². The topological polar surface area (TPSA) is 12.0 Å². The highest BCUT2D eigenvalue weighted by molar-refractivity contribution is 7.07. The third kappa shape index (κ3) is 2.12. The van der Waals surface area contributed by atoms with E-state index in [1.165, 1.54) is 5.56 Å². The van der Waals surface area contributed by atoms with Crippen molar-refractivity contribution in [1.82, 2.24) is 5.32 Å². The van der Waals surface area contributed by atoms with Crippen molar-refractivity contribution >= 4 is 11.3 Å². The first-order chi connectivity index (χ1) is 4.83. The van der Waals surface area contributed by atoms with Gasteiger partial charge in [0.25, 0.3) is 0 Å². The first kappa shape index (κ1) is 7.76. The van der Waals surface area contributed by atoms with Crippen LogP contribution in [0.2, 0.25) is 0 Å². The van der Waals surface area contributed by atoms with Crippen LogP contribution in [0.15, 0.2) is 16.8 Å². The molecule has 0 aromatic carbocycles. The van der Waals surface area contributed by atoms with Gasteiger partial charge in [-0.25, -0.2) is 0 Å². The molecule has 0 fully saturated rings. The minimum Gasteiger partial charge on any atom is -0.317 e. The summed E-state index contributed by atoms with van der Waals surface area (Å²) in [6, 6.07) is 2.77. The fourth-order valence-electron chi connectivity index (χ4n) is 0.864. The maximum atomic E-state index is 3.21. The number of hydrogen-bond acceptors (Lipinski definition) is 2. The predicted molar refractivity (Wildman–Crippen MR) is 46.5 cm³/mol. The molecule has 1 aromatic rings. The van der Waals surface area contributed by atoms with Crippen LogP contribution >= 0.6 is 11.3 Å². The van der Waals surface area contributed by atoms with Crippen molar-refractivity contribution in [2.24, 2.45) is 0 Å². The van der Waals surface area contributed by atoms with E-state index in [4.69, 9.17) is 0 Å². The lowest BCUT2D eigenvalue weighted by molar-refractivity contribution is 0.609. The summed E-state index contributed by atoms with van der Waals surface area (Å²) in [6.45, 7) is 2.19. The van der Waals surface area contributed by atoms with E-state index in [0.29, 0.717) is 6.04 Å². The summed E-state index contributed by atoms with van der Waals surface area (Å²) in [5, 5.41) is 7.53. The normalized spacial score (nSPS) is 13.4. The SMILES string of the molecule is CN[C@H](C)Cc1ccsc1. The summed E-state index contributed by atoms with van der Waals surface area (Å²) in [6.07, 6.45) is 1.14. The number of rotatable bonds is 3. The minimum absolute atomic E-state index is 0.592. The van der Waals surface area contributed by atoms with Crippen molar-refractivity contribution in [3.8, 4) is 0 Å². The van der Waals surface area contributed by atoms with Crippen LogP contribution in [0, 0.1) is 0 Å². The van der Waals surface area contributed by atoms with E-state index in [2.05, 4.69) is 29.1 Å². The first-order valence-corrected chi connectivity index (χ1v) is 4.45. The molecule has 1 atom stereocenters. The van der Waals surface area contributed by atoms with Gasteiger partial charge in [-0.3, -0.25) is 0 Å². The Balaban J connectivity index is 2.40. The monoisotopic (exact) mass is 155 g/mol. The molecule has 1 N–H and O–H groups in total. The van der Waals surface area contributed by atoms with Crippen LogP contribution in [0.3, 0.4) is 0 Å². The standard InChI is InChI=1S/C8H13NS/c1-7(9-2)5-8-3-4-10-6-8/h3-4,6-7,9H,5H2,1-2H3/t7-/m1/s1. The molecule has 1 nitrogen and oxygen atoms in total. The average molecular weight is 155 g/mol. The highest BCUT2D eigenvalue weighted by Gasteiger charge is 1.98. The second-order valence-electron chi connectivity index (χ2n) is 2.53. The number of nitrogens with one attached hydrogen (secondary N) is 1. The van der Waals surface area contributed by atoms with Gasteiger partial charge in [-0.15, -0.1) is 0 Å². The minimum atomic E-state index is 0.592. The Labute approximate surface area is 66.1 Å². The molecule has 0 aliphatic heterocycles. The number of likely N-dealkylation sites (N-methyl/N-ethyl adjacent to an activating group) is 1. The van der Waals surface area contributed by atoms with Gasteiger partial charge in [0, 0.05) is 6.04 Å². The van der Waals surface area contributed by atoms with E-state index in [1.807, 2.05) is 7.05 Å². The van der Waals surface area contributed by atoms with Crippen LogP contribution in [0.5, 0.6) is 0 Å². The van der Waals surface area contributed by atoms with Crippen LogP contribution in [0.25, 0.3) is 0 Å². The molecule has 0 aliphatic rings.